The van der Waals surface area contributed by atoms with Gasteiger partial charge in [-0.15, -0.1) is 0 Å². The summed E-state index contributed by atoms with van der Waals surface area (Å²) in [6.45, 7) is 4.49. The van der Waals surface area contributed by atoms with E-state index >= 15 is 0 Å². The molecule has 0 atom stereocenters. The van der Waals surface area contributed by atoms with Gasteiger partial charge in [0, 0.05) is 12.0 Å². The fourth-order valence-electron chi connectivity index (χ4n) is 4.09. The Kier molecular flexibility index (Phi) is 4.78. The Morgan fingerprint density at radius 3 is 2.50 bits per heavy atom. The molecule has 6 nitrogen and oxygen atoms in total. The molecule has 0 radical (unpaired) electrons. The van der Waals surface area contributed by atoms with Crippen LogP contribution in [-0.2, 0) is 24.3 Å². The van der Waals surface area contributed by atoms with Crippen LogP contribution < -0.4 is 11.2 Å². The lowest BCUT2D eigenvalue weighted by Crippen LogP contribution is -2.40. The number of rotatable bonds is 3. The highest BCUT2D eigenvalue weighted by Gasteiger charge is 2.28. The lowest BCUT2D eigenvalue weighted by molar-refractivity contribution is -0.0411. The van der Waals surface area contributed by atoms with E-state index in [1.807, 2.05) is 19.9 Å². The molecular formula is C25H22FN3O3. The molecule has 1 aliphatic heterocycles. The molecule has 0 fully saturated rings. The molecule has 2 aromatic heterocycles. The quantitative estimate of drug-likeness (QED) is 0.497. The van der Waals surface area contributed by atoms with Crippen molar-refractivity contribution in [1.29, 1.82) is 0 Å². The summed E-state index contributed by atoms with van der Waals surface area (Å²) in [4.78, 5) is 31.8. The third-order valence-corrected chi connectivity index (χ3v) is 5.76. The second-order valence-corrected chi connectivity index (χ2v) is 8.66. The third kappa shape index (κ3) is 3.54. The zero-order chi connectivity index (χ0) is 22.5. The Morgan fingerprint density at radius 1 is 1.06 bits per heavy atom. The topological polar surface area (TPSA) is 66.1 Å². The minimum atomic E-state index is -0.489. The SMILES string of the molecule is CC1(C)Cc2nc3c(cc2CO1)c(=O)n(-c1ccccc1)c(=O)n3Cc1ccc(F)cc1. The van der Waals surface area contributed by atoms with Gasteiger partial charge in [-0.3, -0.25) is 9.36 Å². The predicted octanol–water partition coefficient (Wildman–Crippen LogP) is 3.59. The molecule has 0 aliphatic carbocycles. The minimum absolute atomic E-state index is 0.161. The summed E-state index contributed by atoms with van der Waals surface area (Å²) in [6, 6.07) is 16.5. The highest BCUT2D eigenvalue weighted by atomic mass is 19.1. The molecule has 3 heterocycles. The molecule has 0 bridgehead atoms. The molecular weight excluding hydrogens is 409 g/mol. The Hall–Kier alpha value is -3.58. The number of pyridine rings is 1. The molecule has 32 heavy (non-hydrogen) atoms. The zero-order valence-electron chi connectivity index (χ0n) is 17.8. The van der Waals surface area contributed by atoms with Gasteiger partial charge in [0.15, 0.2) is 0 Å². The van der Waals surface area contributed by atoms with Crippen molar-refractivity contribution in [2.45, 2.75) is 39.0 Å². The number of hydrogen-bond donors (Lipinski definition) is 0. The number of aromatic nitrogens is 3. The van der Waals surface area contributed by atoms with Gasteiger partial charge in [0.05, 0.1) is 35.5 Å². The van der Waals surface area contributed by atoms with E-state index < -0.39 is 11.2 Å². The third-order valence-electron chi connectivity index (χ3n) is 5.76. The van der Waals surface area contributed by atoms with Crippen LogP contribution in [0.15, 0.2) is 70.3 Å². The van der Waals surface area contributed by atoms with Gasteiger partial charge in [-0.1, -0.05) is 30.3 Å². The molecule has 0 unspecified atom stereocenters. The Labute approximate surface area is 183 Å². The van der Waals surface area contributed by atoms with Gasteiger partial charge in [0.1, 0.15) is 11.5 Å². The highest BCUT2D eigenvalue weighted by molar-refractivity contribution is 5.76. The van der Waals surface area contributed by atoms with Crippen LogP contribution in [0.5, 0.6) is 0 Å². The monoisotopic (exact) mass is 431 g/mol. The van der Waals surface area contributed by atoms with Gasteiger partial charge in [-0.25, -0.2) is 18.7 Å². The number of hydrogen-bond acceptors (Lipinski definition) is 4. The van der Waals surface area contributed by atoms with Crippen LogP contribution in [0.1, 0.15) is 30.7 Å². The van der Waals surface area contributed by atoms with Crippen molar-refractivity contribution in [3.8, 4) is 5.69 Å². The van der Waals surface area contributed by atoms with Crippen molar-refractivity contribution in [3.05, 3.63) is 104 Å². The maximum atomic E-state index is 13.6. The average molecular weight is 431 g/mol. The lowest BCUT2D eigenvalue weighted by atomic mass is 9.95. The van der Waals surface area contributed by atoms with Crippen molar-refractivity contribution >= 4 is 11.0 Å². The number of nitrogens with zero attached hydrogens (tertiary/aromatic N) is 3. The van der Waals surface area contributed by atoms with Crippen LogP contribution in [0.2, 0.25) is 0 Å². The largest absolute Gasteiger partial charge is 0.370 e. The van der Waals surface area contributed by atoms with Crippen LogP contribution in [-0.4, -0.2) is 19.7 Å². The van der Waals surface area contributed by atoms with E-state index in [0.717, 1.165) is 21.4 Å². The van der Waals surface area contributed by atoms with Crippen molar-refractivity contribution in [2.75, 3.05) is 0 Å². The van der Waals surface area contributed by atoms with Gasteiger partial charge < -0.3 is 4.74 Å². The number of halogens is 1. The maximum Gasteiger partial charge on any atom is 0.337 e. The Bertz CT molecular complexity index is 1440. The van der Waals surface area contributed by atoms with Crippen LogP contribution >= 0.6 is 0 Å². The van der Waals surface area contributed by atoms with Gasteiger partial charge >= 0.3 is 5.69 Å². The molecule has 7 heteroatoms. The van der Waals surface area contributed by atoms with Crippen LogP contribution in [0.25, 0.3) is 16.7 Å². The fourth-order valence-corrected chi connectivity index (χ4v) is 4.09. The first-order valence-electron chi connectivity index (χ1n) is 10.4. The fraction of sp³-hybridized carbons (Fsp3) is 0.240. The van der Waals surface area contributed by atoms with Crippen LogP contribution in [0.4, 0.5) is 4.39 Å². The molecule has 4 aromatic rings. The van der Waals surface area contributed by atoms with Crippen molar-refractivity contribution < 1.29 is 9.13 Å². The zero-order valence-corrected chi connectivity index (χ0v) is 17.8. The van der Waals surface area contributed by atoms with Gasteiger partial charge in [0.2, 0.25) is 0 Å². The molecule has 0 saturated heterocycles. The first-order valence-corrected chi connectivity index (χ1v) is 10.4. The summed E-state index contributed by atoms with van der Waals surface area (Å²) >= 11 is 0. The van der Waals surface area contributed by atoms with Gasteiger partial charge in [-0.05, 0) is 49.7 Å². The molecule has 0 N–H and O–H groups in total. The smallest absolute Gasteiger partial charge is 0.337 e. The van der Waals surface area contributed by atoms with E-state index in [1.54, 1.807) is 42.5 Å². The lowest BCUT2D eigenvalue weighted by Gasteiger charge is -2.31. The van der Waals surface area contributed by atoms with E-state index in [0.29, 0.717) is 29.7 Å². The first-order chi connectivity index (χ1) is 15.3. The number of benzene rings is 2. The molecule has 2 aromatic carbocycles. The van der Waals surface area contributed by atoms with Crippen LogP contribution in [0.3, 0.4) is 0 Å². The van der Waals surface area contributed by atoms with Crippen molar-refractivity contribution in [2.24, 2.45) is 0 Å². The second-order valence-electron chi connectivity index (χ2n) is 8.66. The normalized spacial score (nSPS) is 15.0. The van der Waals surface area contributed by atoms with Crippen molar-refractivity contribution in [1.82, 2.24) is 14.1 Å². The number of ether oxygens (including phenoxy) is 1. The molecule has 0 amide bonds. The summed E-state index contributed by atoms with van der Waals surface area (Å²) in [5, 5.41) is 0.345. The molecule has 1 aliphatic rings. The molecule has 0 spiro atoms. The summed E-state index contributed by atoms with van der Waals surface area (Å²) < 4.78 is 22.0. The highest BCUT2D eigenvalue weighted by Crippen LogP contribution is 2.28. The summed E-state index contributed by atoms with van der Waals surface area (Å²) in [5.74, 6) is -0.352. The standard InChI is InChI=1S/C25H22FN3O3/c1-25(2)13-21-17(15-32-25)12-20-22(27-21)28(14-16-8-10-18(26)11-9-16)24(31)29(23(20)30)19-6-4-3-5-7-19/h3-12H,13-15H2,1-2H3. The van der Waals surface area contributed by atoms with E-state index in [4.69, 9.17) is 9.72 Å². The van der Waals surface area contributed by atoms with Crippen molar-refractivity contribution in [3.63, 3.8) is 0 Å². The summed E-state index contributed by atoms with van der Waals surface area (Å²) in [5.41, 5.74) is 1.91. The van der Waals surface area contributed by atoms with E-state index in [9.17, 15) is 14.0 Å². The maximum absolute atomic E-state index is 13.6. The predicted molar refractivity (Wildman–Crippen MR) is 120 cm³/mol. The Morgan fingerprint density at radius 2 is 1.78 bits per heavy atom. The second kappa shape index (κ2) is 7.53. The first kappa shape index (κ1) is 20.3. The van der Waals surface area contributed by atoms with Crippen LogP contribution in [0, 0.1) is 5.82 Å². The number of fused-ring (bicyclic) bond motifs is 2. The Balaban J connectivity index is 1.81. The van der Waals surface area contributed by atoms with E-state index in [-0.39, 0.29) is 18.0 Å². The molecule has 5 rings (SSSR count). The summed E-state index contributed by atoms with van der Waals surface area (Å²) in [6.07, 6.45) is 0.574. The van der Waals surface area contributed by atoms with E-state index in [2.05, 4.69) is 0 Å². The summed E-state index contributed by atoms with van der Waals surface area (Å²) in [7, 11) is 0. The molecule has 162 valence electrons. The van der Waals surface area contributed by atoms with E-state index in [1.165, 1.54) is 16.7 Å². The average Bonchev–Trinajstić information content (AvgIpc) is 2.77. The molecule has 0 saturated carbocycles. The van der Waals surface area contributed by atoms with Gasteiger partial charge in [0.25, 0.3) is 5.56 Å². The van der Waals surface area contributed by atoms with Gasteiger partial charge in [-0.2, -0.15) is 0 Å². The minimum Gasteiger partial charge on any atom is -0.370 e. The number of para-hydroxylation sites is 1.